The molecule has 34 heavy (non-hydrogen) atoms. The second-order valence-corrected chi connectivity index (χ2v) is 8.62. The molecule has 2 rings (SSSR count). The van der Waals surface area contributed by atoms with E-state index in [0.717, 1.165) is 0 Å². The van der Waals surface area contributed by atoms with E-state index in [-0.39, 0.29) is 30.5 Å². The van der Waals surface area contributed by atoms with E-state index in [1.807, 2.05) is 41.5 Å². The Balaban J connectivity index is 0.00000281. The van der Waals surface area contributed by atoms with Gasteiger partial charge in [0.2, 0.25) is 0 Å². The van der Waals surface area contributed by atoms with Gasteiger partial charge < -0.3 is 33.2 Å². The Morgan fingerprint density at radius 2 is 1.26 bits per heavy atom. The summed E-state index contributed by atoms with van der Waals surface area (Å²) in [6.07, 6.45) is -4.76. The highest BCUT2D eigenvalue weighted by molar-refractivity contribution is 5.66. The van der Waals surface area contributed by atoms with Crippen LogP contribution in [0.25, 0.3) is 0 Å². The first-order valence-corrected chi connectivity index (χ1v) is 11.9. The Morgan fingerprint density at radius 3 is 1.76 bits per heavy atom. The van der Waals surface area contributed by atoms with Crippen LogP contribution in [-0.4, -0.2) is 74.7 Å². The van der Waals surface area contributed by atoms with E-state index in [1.54, 1.807) is 0 Å². The van der Waals surface area contributed by atoms with Gasteiger partial charge >= 0.3 is 17.9 Å². The lowest BCUT2D eigenvalue weighted by Crippen LogP contribution is -2.60. The Labute approximate surface area is 202 Å². The average Bonchev–Trinajstić information content (AvgIpc) is 2.77. The summed E-state index contributed by atoms with van der Waals surface area (Å²) >= 11 is 0. The molecular formula is C24H42O10. The molecule has 0 aromatic heterocycles. The molecule has 0 saturated carbocycles. The first-order chi connectivity index (χ1) is 16.0. The quantitative estimate of drug-likeness (QED) is 0.390. The highest BCUT2D eigenvalue weighted by atomic mass is 16.7. The zero-order valence-electron chi connectivity index (χ0n) is 22.1. The summed E-state index contributed by atoms with van der Waals surface area (Å²) in [5.41, 5.74) is 0. The first kappa shape index (κ1) is 30.3. The molecule has 10 heteroatoms. The Kier molecular flexibility index (Phi) is 12.4. The van der Waals surface area contributed by atoms with E-state index in [1.165, 1.54) is 27.9 Å². The lowest BCUT2D eigenvalue weighted by Gasteiger charge is -2.48. The van der Waals surface area contributed by atoms with Crippen molar-refractivity contribution >= 4 is 17.9 Å². The molecule has 10 nitrogen and oxygen atoms in total. The van der Waals surface area contributed by atoms with Crippen LogP contribution >= 0.6 is 0 Å². The van der Waals surface area contributed by atoms with E-state index >= 15 is 0 Å². The molecule has 0 aliphatic carbocycles. The molecule has 0 radical (unpaired) electrons. The summed E-state index contributed by atoms with van der Waals surface area (Å²) in [4.78, 5) is 34.9. The molecule has 2 heterocycles. The molecule has 0 bridgehead atoms. The second kappa shape index (κ2) is 14.0. The molecule has 0 aromatic rings. The van der Waals surface area contributed by atoms with Crippen molar-refractivity contribution in [1.82, 2.24) is 0 Å². The molecule has 0 amide bonds. The second-order valence-electron chi connectivity index (χ2n) is 8.62. The Hall–Kier alpha value is -1.75. The minimum Gasteiger partial charge on any atom is -0.463 e. The normalized spacial score (nSPS) is 37.6. The average molecular weight is 491 g/mol. The smallest absolute Gasteiger partial charge is 0.303 e. The van der Waals surface area contributed by atoms with Crippen LogP contribution in [0.1, 0.15) is 62.3 Å². The SMILES string of the molecule is CC.CO[C@@H]1OC(C)[C@H](C)[C@H](O[C@H]2O[C@@H](COC(C)=O)[C@@H](C)C(C)C2OC(C)=O)C1OC(C)=O. The van der Waals surface area contributed by atoms with Gasteiger partial charge in [0.1, 0.15) is 12.7 Å². The Bertz CT molecular complexity index is 666. The molecule has 0 N–H and O–H groups in total. The molecule has 2 saturated heterocycles. The summed E-state index contributed by atoms with van der Waals surface area (Å²) in [5.74, 6) is -1.83. The van der Waals surface area contributed by atoms with Crippen molar-refractivity contribution in [3.05, 3.63) is 0 Å². The third-order valence-corrected chi connectivity index (χ3v) is 6.29. The predicted octanol–water partition coefficient (Wildman–Crippen LogP) is 2.85. The van der Waals surface area contributed by atoms with Crippen molar-refractivity contribution in [3.63, 3.8) is 0 Å². The van der Waals surface area contributed by atoms with Crippen molar-refractivity contribution in [3.8, 4) is 0 Å². The van der Waals surface area contributed by atoms with Crippen LogP contribution in [0.4, 0.5) is 0 Å². The summed E-state index contributed by atoms with van der Waals surface area (Å²) < 4.78 is 39.9. The monoisotopic (exact) mass is 490 g/mol. The number of carbonyl (C=O) groups is 3. The van der Waals surface area contributed by atoms with Crippen LogP contribution in [0.2, 0.25) is 0 Å². The van der Waals surface area contributed by atoms with Crippen LogP contribution in [-0.2, 0) is 47.5 Å². The topological polar surface area (TPSA) is 116 Å². The van der Waals surface area contributed by atoms with Gasteiger partial charge in [-0.05, 0) is 12.8 Å². The van der Waals surface area contributed by atoms with Gasteiger partial charge in [-0.25, -0.2) is 0 Å². The van der Waals surface area contributed by atoms with Crippen LogP contribution in [0.15, 0.2) is 0 Å². The van der Waals surface area contributed by atoms with Crippen molar-refractivity contribution in [1.29, 1.82) is 0 Å². The van der Waals surface area contributed by atoms with Crippen LogP contribution in [0, 0.1) is 17.8 Å². The van der Waals surface area contributed by atoms with Gasteiger partial charge in [0.25, 0.3) is 0 Å². The van der Waals surface area contributed by atoms with Crippen LogP contribution in [0.3, 0.4) is 0 Å². The van der Waals surface area contributed by atoms with E-state index in [2.05, 4.69) is 0 Å². The molecule has 2 fully saturated rings. The minimum atomic E-state index is -0.973. The predicted molar refractivity (Wildman–Crippen MR) is 121 cm³/mol. The summed E-state index contributed by atoms with van der Waals surface area (Å²) in [7, 11) is 1.46. The lowest BCUT2D eigenvalue weighted by atomic mass is 9.83. The third kappa shape index (κ3) is 7.90. The van der Waals surface area contributed by atoms with Gasteiger partial charge in [-0.15, -0.1) is 0 Å². The highest BCUT2D eigenvalue weighted by Crippen LogP contribution is 2.37. The minimum absolute atomic E-state index is 0.0430. The van der Waals surface area contributed by atoms with E-state index < -0.39 is 54.9 Å². The van der Waals surface area contributed by atoms with E-state index in [9.17, 15) is 14.4 Å². The van der Waals surface area contributed by atoms with Gasteiger partial charge in [-0.3, -0.25) is 14.4 Å². The maximum Gasteiger partial charge on any atom is 0.303 e. The molecule has 4 unspecified atom stereocenters. The molecule has 0 spiro atoms. The molecule has 2 aliphatic heterocycles. The summed E-state index contributed by atoms with van der Waals surface area (Å²) in [6.45, 7) is 15.6. The van der Waals surface area contributed by atoms with Crippen molar-refractivity contribution in [2.75, 3.05) is 13.7 Å². The molecular weight excluding hydrogens is 448 g/mol. The number of rotatable bonds is 7. The van der Waals surface area contributed by atoms with Crippen molar-refractivity contribution in [2.45, 2.75) is 105 Å². The molecule has 198 valence electrons. The van der Waals surface area contributed by atoms with Gasteiger partial charge in [0, 0.05) is 39.7 Å². The van der Waals surface area contributed by atoms with Gasteiger partial charge in [0.05, 0.1) is 12.2 Å². The highest BCUT2D eigenvalue weighted by Gasteiger charge is 2.51. The molecule has 2 aliphatic rings. The van der Waals surface area contributed by atoms with Crippen LogP contribution < -0.4 is 0 Å². The van der Waals surface area contributed by atoms with Crippen molar-refractivity contribution in [2.24, 2.45) is 17.8 Å². The van der Waals surface area contributed by atoms with Gasteiger partial charge in [-0.1, -0.05) is 34.6 Å². The number of esters is 3. The van der Waals surface area contributed by atoms with Crippen molar-refractivity contribution < 1.29 is 47.5 Å². The first-order valence-electron chi connectivity index (χ1n) is 11.9. The third-order valence-electron chi connectivity index (χ3n) is 6.29. The van der Waals surface area contributed by atoms with Gasteiger partial charge in [-0.2, -0.15) is 0 Å². The fourth-order valence-electron chi connectivity index (χ4n) is 4.11. The number of carbonyl (C=O) groups excluding carboxylic acids is 3. The van der Waals surface area contributed by atoms with E-state index in [4.69, 9.17) is 33.2 Å². The molecule has 0 aromatic carbocycles. The zero-order chi connectivity index (χ0) is 26.2. The number of hydrogen-bond donors (Lipinski definition) is 0. The van der Waals surface area contributed by atoms with Gasteiger partial charge in [0.15, 0.2) is 24.8 Å². The Morgan fingerprint density at radius 1 is 0.706 bits per heavy atom. The lowest BCUT2D eigenvalue weighted by molar-refractivity contribution is -0.340. The largest absolute Gasteiger partial charge is 0.463 e. The number of methoxy groups -OCH3 is 1. The standard InChI is InChI=1S/C22H36O10.C2H6/c1-10-11(2)19(29-15(6)24)22(31-17(10)9-27-14(5)23)32-18-12(3)13(4)28-21(26-8)20(18)30-16(7)25;1-2/h10-13,17-22H,9H2,1-8H3;1-2H3/t10-,11?,12-,13?,17-,18-,19?,20?,21+,22+;/m0./s1. The maximum atomic E-state index is 11.8. The zero-order valence-corrected chi connectivity index (χ0v) is 22.1. The summed E-state index contributed by atoms with van der Waals surface area (Å²) in [6, 6.07) is 0. The fraction of sp³-hybridized carbons (Fsp3) is 0.875. The number of hydrogen-bond acceptors (Lipinski definition) is 10. The number of ether oxygens (including phenoxy) is 7. The maximum absolute atomic E-state index is 11.8. The van der Waals surface area contributed by atoms with Crippen LogP contribution in [0.5, 0.6) is 0 Å². The molecule has 10 atom stereocenters. The summed E-state index contributed by atoms with van der Waals surface area (Å²) in [5, 5.41) is 0. The van der Waals surface area contributed by atoms with E-state index in [0.29, 0.717) is 0 Å². The fourth-order valence-corrected chi connectivity index (χ4v) is 4.11.